The molecule has 0 heterocycles. The summed E-state index contributed by atoms with van der Waals surface area (Å²) in [7, 11) is -3.89. The molecule has 0 bridgehead atoms. The van der Waals surface area contributed by atoms with Crippen LogP contribution in [0.2, 0.25) is 0 Å². The van der Waals surface area contributed by atoms with Crippen LogP contribution in [0.1, 0.15) is 79.6 Å². The highest BCUT2D eigenvalue weighted by atomic mass is 31.2. The molecule has 26 heavy (non-hydrogen) atoms. The van der Waals surface area contributed by atoms with E-state index in [-0.39, 0.29) is 19.8 Å². The van der Waals surface area contributed by atoms with Crippen molar-refractivity contribution >= 4 is 13.8 Å². The SMILES string of the molecule is CCCCOP(=O)(OCCCC)OC(CCC)C(C)(O)C(=O)OCCC. The molecule has 2 unspecified atom stereocenters. The van der Waals surface area contributed by atoms with E-state index in [1.165, 1.54) is 6.92 Å². The van der Waals surface area contributed by atoms with Crippen molar-refractivity contribution in [3.05, 3.63) is 0 Å². The number of aliphatic hydroxyl groups is 1. The number of carbonyl (C=O) groups is 1. The third-order valence-electron chi connectivity index (χ3n) is 3.78. The highest BCUT2D eigenvalue weighted by Crippen LogP contribution is 2.52. The first kappa shape index (κ1) is 25.5. The third kappa shape index (κ3) is 9.47. The largest absolute Gasteiger partial charge is 0.475 e. The maximum atomic E-state index is 13.0. The quantitative estimate of drug-likeness (QED) is 0.231. The lowest BCUT2D eigenvalue weighted by atomic mass is 9.96. The molecule has 1 N–H and O–H groups in total. The van der Waals surface area contributed by atoms with Crippen molar-refractivity contribution in [1.29, 1.82) is 0 Å². The van der Waals surface area contributed by atoms with Gasteiger partial charge < -0.3 is 9.84 Å². The maximum Gasteiger partial charge on any atom is 0.475 e. The molecule has 0 fully saturated rings. The van der Waals surface area contributed by atoms with Gasteiger partial charge in [-0.15, -0.1) is 0 Å². The lowest BCUT2D eigenvalue weighted by molar-refractivity contribution is -0.175. The average molecular weight is 396 g/mol. The second-order valence-electron chi connectivity index (χ2n) is 6.49. The van der Waals surface area contributed by atoms with Crippen molar-refractivity contribution in [2.45, 2.75) is 91.3 Å². The van der Waals surface area contributed by atoms with E-state index >= 15 is 0 Å². The number of phosphoric ester groups is 1. The minimum absolute atomic E-state index is 0.200. The van der Waals surface area contributed by atoms with Gasteiger partial charge in [0.05, 0.1) is 19.8 Å². The van der Waals surface area contributed by atoms with Gasteiger partial charge in [0.1, 0.15) is 6.10 Å². The van der Waals surface area contributed by atoms with E-state index in [2.05, 4.69) is 0 Å². The molecular formula is C18H37O7P. The third-order valence-corrected chi connectivity index (χ3v) is 5.29. The Hall–Kier alpha value is -0.460. The fraction of sp³-hybridized carbons (Fsp3) is 0.944. The molecule has 0 saturated heterocycles. The molecule has 8 heteroatoms. The normalized spacial score (nSPS) is 15.5. The van der Waals surface area contributed by atoms with E-state index in [0.717, 1.165) is 12.8 Å². The summed E-state index contributed by atoms with van der Waals surface area (Å²) >= 11 is 0. The Morgan fingerprint density at radius 1 is 0.962 bits per heavy atom. The van der Waals surface area contributed by atoms with Gasteiger partial charge in [0.25, 0.3) is 0 Å². The van der Waals surface area contributed by atoms with Gasteiger partial charge in [0.2, 0.25) is 0 Å². The van der Waals surface area contributed by atoms with Crippen molar-refractivity contribution in [3.63, 3.8) is 0 Å². The van der Waals surface area contributed by atoms with Crippen LogP contribution in [0, 0.1) is 0 Å². The molecule has 0 aromatic rings. The van der Waals surface area contributed by atoms with Crippen molar-refractivity contribution < 1.29 is 32.8 Å². The van der Waals surface area contributed by atoms with Gasteiger partial charge in [0.15, 0.2) is 5.60 Å². The standard InChI is InChI=1S/C18H37O7P/c1-6-10-14-23-26(21,24-15-11-7-2)25-16(12-8-3)18(5,20)17(19)22-13-9-4/h16,20H,6-15H2,1-5H3. The first-order valence-electron chi connectivity index (χ1n) is 9.74. The average Bonchev–Trinajstić information content (AvgIpc) is 2.59. The van der Waals surface area contributed by atoms with E-state index in [4.69, 9.17) is 18.3 Å². The molecular weight excluding hydrogens is 359 g/mol. The fourth-order valence-corrected chi connectivity index (χ4v) is 3.59. The summed E-state index contributed by atoms with van der Waals surface area (Å²) in [5.41, 5.74) is -1.94. The minimum atomic E-state index is -3.89. The number of phosphoric acid groups is 1. The number of carbonyl (C=O) groups excluding carboxylic acids is 1. The summed E-state index contributed by atoms with van der Waals surface area (Å²) in [5.74, 6) is -0.800. The first-order chi connectivity index (χ1) is 12.3. The minimum Gasteiger partial charge on any atom is -0.464 e. The molecule has 0 aliphatic heterocycles. The first-order valence-corrected chi connectivity index (χ1v) is 11.2. The topological polar surface area (TPSA) is 91.3 Å². The summed E-state index contributed by atoms with van der Waals surface area (Å²) in [4.78, 5) is 12.2. The predicted octanol–water partition coefficient (Wildman–Crippen LogP) is 4.62. The van der Waals surface area contributed by atoms with Crippen LogP contribution in [0.5, 0.6) is 0 Å². The molecule has 0 aliphatic rings. The van der Waals surface area contributed by atoms with Crippen LogP contribution in [0.4, 0.5) is 0 Å². The van der Waals surface area contributed by atoms with Gasteiger partial charge >= 0.3 is 13.8 Å². The maximum absolute atomic E-state index is 13.0. The molecule has 2 atom stereocenters. The Balaban J connectivity index is 5.24. The molecule has 0 saturated carbocycles. The van der Waals surface area contributed by atoms with Crippen LogP contribution in [-0.2, 0) is 27.7 Å². The summed E-state index contributed by atoms with van der Waals surface area (Å²) in [6.45, 7) is 9.68. The van der Waals surface area contributed by atoms with Crippen molar-refractivity contribution in [2.75, 3.05) is 19.8 Å². The molecule has 156 valence electrons. The van der Waals surface area contributed by atoms with E-state index in [0.29, 0.717) is 32.1 Å². The molecule has 0 amide bonds. The number of esters is 1. The van der Waals surface area contributed by atoms with Crippen LogP contribution in [0.3, 0.4) is 0 Å². The summed E-state index contributed by atoms with van der Waals surface area (Å²) in [6, 6.07) is 0. The molecule has 0 aliphatic carbocycles. The van der Waals surface area contributed by atoms with Gasteiger partial charge in [-0.1, -0.05) is 47.0 Å². The molecule has 0 spiro atoms. The summed E-state index contributed by atoms with van der Waals surface area (Å²) in [6.07, 6.45) is 3.67. The second-order valence-corrected chi connectivity index (χ2v) is 8.11. The number of unbranched alkanes of at least 4 members (excludes halogenated alkanes) is 2. The zero-order valence-corrected chi connectivity index (χ0v) is 17.9. The van der Waals surface area contributed by atoms with E-state index in [1.807, 2.05) is 27.7 Å². The van der Waals surface area contributed by atoms with E-state index in [9.17, 15) is 14.5 Å². The summed E-state index contributed by atoms with van der Waals surface area (Å²) in [5, 5.41) is 10.7. The summed E-state index contributed by atoms with van der Waals surface area (Å²) < 4.78 is 34.4. The molecule has 0 aromatic carbocycles. The van der Waals surface area contributed by atoms with Crippen LogP contribution >= 0.6 is 7.82 Å². The van der Waals surface area contributed by atoms with Gasteiger partial charge in [-0.3, -0.25) is 13.6 Å². The van der Waals surface area contributed by atoms with Crippen LogP contribution in [0.25, 0.3) is 0 Å². The van der Waals surface area contributed by atoms with Crippen LogP contribution in [-0.4, -0.2) is 42.6 Å². The van der Waals surface area contributed by atoms with E-state index in [1.54, 1.807) is 0 Å². The van der Waals surface area contributed by atoms with Crippen molar-refractivity contribution in [1.82, 2.24) is 0 Å². The molecule has 0 rings (SSSR count). The predicted molar refractivity (Wildman–Crippen MR) is 101 cm³/mol. The molecule has 0 radical (unpaired) electrons. The Bertz CT molecular complexity index is 412. The Morgan fingerprint density at radius 3 is 1.92 bits per heavy atom. The molecule has 7 nitrogen and oxygen atoms in total. The van der Waals surface area contributed by atoms with Gasteiger partial charge in [-0.05, 0) is 32.6 Å². The highest BCUT2D eigenvalue weighted by Gasteiger charge is 2.46. The van der Waals surface area contributed by atoms with Crippen LogP contribution in [0.15, 0.2) is 0 Å². The zero-order chi connectivity index (χ0) is 20.1. The van der Waals surface area contributed by atoms with Gasteiger partial charge in [-0.25, -0.2) is 9.36 Å². The number of hydrogen-bond donors (Lipinski definition) is 1. The van der Waals surface area contributed by atoms with Crippen molar-refractivity contribution in [3.8, 4) is 0 Å². The number of ether oxygens (including phenoxy) is 1. The zero-order valence-electron chi connectivity index (χ0n) is 17.0. The highest BCUT2D eigenvalue weighted by molar-refractivity contribution is 7.48. The lowest BCUT2D eigenvalue weighted by Crippen LogP contribution is -2.49. The monoisotopic (exact) mass is 396 g/mol. The van der Waals surface area contributed by atoms with Gasteiger partial charge in [0, 0.05) is 0 Å². The fourth-order valence-electron chi connectivity index (χ4n) is 2.07. The molecule has 0 aromatic heterocycles. The second kappa shape index (κ2) is 13.7. The van der Waals surface area contributed by atoms with Crippen molar-refractivity contribution in [2.24, 2.45) is 0 Å². The Morgan fingerprint density at radius 2 is 1.50 bits per heavy atom. The van der Waals surface area contributed by atoms with E-state index < -0.39 is 25.5 Å². The lowest BCUT2D eigenvalue weighted by Gasteiger charge is -2.32. The smallest absolute Gasteiger partial charge is 0.464 e. The Labute approximate surface area is 158 Å². The number of rotatable bonds is 16. The van der Waals surface area contributed by atoms with Gasteiger partial charge in [-0.2, -0.15) is 0 Å². The number of hydrogen-bond acceptors (Lipinski definition) is 7. The van der Waals surface area contributed by atoms with Crippen LogP contribution < -0.4 is 0 Å². The Kier molecular flexibility index (Phi) is 13.4.